The van der Waals surface area contributed by atoms with Gasteiger partial charge in [0.05, 0.1) is 12.5 Å². The van der Waals surface area contributed by atoms with Crippen LogP contribution in [0.3, 0.4) is 0 Å². The summed E-state index contributed by atoms with van der Waals surface area (Å²) in [6.45, 7) is 6.69. The number of hydrogen-bond acceptors (Lipinski definition) is 4. The molecule has 0 bridgehead atoms. The van der Waals surface area contributed by atoms with Crippen molar-refractivity contribution in [3.8, 4) is 0 Å². The number of aliphatic carboxylic acids is 1. The smallest absolute Gasteiger partial charge is 0.313 e. The topological polar surface area (TPSA) is 80.7 Å². The van der Waals surface area contributed by atoms with Gasteiger partial charge in [0, 0.05) is 21.7 Å². The van der Waals surface area contributed by atoms with Gasteiger partial charge in [-0.25, -0.2) is 0 Å². The Balaban J connectivity index is -0.000000214. The summed E-state index contributed by atoms with van der Waals surface area (Å²) >= 11 is 0. The second kappa shape index (κ2) is 12.4. The maximum absolute atomic E-state index is 10.4. The van der Waals surface area contributed by atoms with Crippen molar-refractivity contribution in [3.63, 3.8) is 0 Å². The molecule has 0 aliphatic rings. The standard InChI is InChI=1S/C6H10O3.C4H8O2.Ti/c1-3-9-6(8)4-5(2)7;1-3(2)4(5)6;/h3-4H2,1-2H3;3H,1-2H3,(H,5,6);. The zero-order chi connectivity index (χ0) is 12.4. The van der Waals surface area contributed by atoms with Crippen molar-refractivity contribution >= 4 is 17.7 Å². The van der Waals surface area contributed by atoms with Gasteiger partial charge in [-0.1, -0.05) is 13.8 Å². The molecule has 0 atom stereocenters. The number of rotatable bonds is 4. The van der Waals surface area contributed by atoms with E-state index >= 15 is 0 Å². The predicted molar refractivity (Wildman–Crippen MR) is 54.4 cm³/mol. The molecule has 5 nitrogen and oxygen atoms in total. The molecule has 1 N–H and O–H groups in total. The van der Waals surface area contributed by atoms with Gasteiger partial charge in [0.25, 0.3) is 0 Å². The van der Waals surface area contributed by atoms with Crippen LogP contribution >= 0.6 is 0 Å². The summed E-state index contributed by atoms with van der Waals surface area (Å²) < 4.78 is 4.49. The zero-order valence-corrected chi connectivity index (χ0v) is 11.6. The van der Waals surface area contributed by atoms with Gasteiger partial charge in [-0.15, -0.1) is 0 Å². The van der Waals surface area contributed by atoms with Gasteiger partial charge < -0.3 is 9.84 Å². The van der Waals surface area contributed by atoms with Crippen LogP contribution in [0, 0.1) is 5.92 Å². The van der Waals surface area contributed by atoms with Crippen LogP contribution < -0.4 is 0 Å². The van der Waals surface area contributed by atoms with Crippen LogP contribution in [0.2, 0.25) is 0 Å². The normalized spacial score (nSPS) is 8.31. The Labute approximate surface area is 110 Å². The number of Topliss-reactive ketones (excluding diaryl/α,β-unsaturated/α-hetero) is 1. The number of hydrogen-bond donors (Lipinski definition) is 1. The second-order valence-corrected chi connectivity index (χ2v) is 3.18. The minimum absolute atomic E-state index is 0. The fourth-order valence-corrected chi connectivity index (χ4v) is 0.415. The van der Waals surface area contributed by atoms with E-state index in [1.54, 1.807) is 20.8 Å². The number of carbonyl (C=O) groups is 3. The summed E-state index contributed by atoms with van der Waals surface area (Å²) in [6.07, 6.45) is -0.103. The third-order valence-electron chi connectivity index (χ3n) is 1.19. The Morgan fingerprint density at radius 3 is 1.81 bits per heavy atom. The number of ether oxygens (including phenoxy) is 1. The van der Waals surface area contributed by atoms with Crippen LogP contribution in [0.5, 0.6) is 0 Å². The van der Waals surface area contributed by atoms with E-state index < -0.39 is 11.9 Å². The number of carboxylic acids is 1. The van der Waals surface area contributed by atoms with Gasteiger partial charge in [-0.05, 0) is 13.8 Å². The average molecular weight is 266 g/mol. The Kier molecular flexibility index (Phi) is 16.0. The molecule has 0 radical (unpaired) electrons. The van der Waals surface area contributed by atoms with Crippen LogP contribution in [0.1, 0.15) is 34.1 Å². The van der Waals surface area contributed by atoms with Crippen LogP contribution in [-0.4, -0.2) is 29.4 Å². The molecular weight excluding hydrogens is 248 g/mol. The molecule has 0 fully saturated rings. The van der Waals surface area contributed by atoms with Gasteiger partial charge >= 0.3 is 11.9 Å². The molecule has 0 aromatic heterocycles. The first-order valence-corrected chi connectivity index (χ1v) is 4.69. The van der Waals surface area contributed by atoms with E-state index in [0.29, 0.717) is 6.61 Å². The SMILES string of the molecule is CC(C)C(=O)O.CCOC(=O)CC(C)=O.[Ti]. The van der Waals surface area contributed by atoms with Crippen LogP contribution in [0.4, 0.5) is 0 Å². The molecular formula is C10H18O5Ti. The molecule has 0 rings (SSSR count). The third-order valence-corrected chi connectivity index (χ3v) is 1.19. The van der Waals surface area contributed by atoms with Crippen molar-refractivity contribution in [2.75, 3.05) is 6.61 Å². The van der Waals surface area contributed by atoms with Gasteiger partial charge in [0.2, 0.25) is 0 Å². The quantitative estimate of drug-likeness (QED) is 0.470. The Bertz CT molecular complexity index is 225. The molecule has 6 heteroatoms. The first-order valence-electron chi connectivity index (χ1n) is 4.69. The van der Waals surface area contributed by atoms with E-state index in [4.69, 9.17) is 5.11 Å². The summed E-state index contributed by atoms with van der Waals surface area (Å²) in [5.41, 5.74) is 0. The van der Waals surface area contributed by atoms with E-state index in [2.05, 4.69) is 4.74 Å². The fraction of sp³-hybridized carbons (Fsp3) is 0.700. The van der Waals surface area contributed by atoms with E-state index in [9.17, 15) is 14.4 Å². The van der Waals surface area contributed by atoms with Crippen LogP contribution in [-0.2, 0) is 40.8 Å². The molecule has 92 valence electrons. The number of ketones is 1. The summed E-state index contributed by atoms with van der Waals surface area (Å²) in [5, 5.41) is 7.99. The molecule has 0 spiro atoms. The summed E-state index contributed by atoms with van der Waals surface area (Å²) in [5.74, 6) is -1.57. The van der Waals surface area contributed by atoms with Crippen molar-refractivity contribution in [1.82, 2.24) is 0 Å². The van der Waals surface area contributed by atoms with Gasteiger partial charge in [0.1, 0.15) is 12.2 Å². The first-order chi connectivity index (χ1) is 6.81. The Hall–Kier alpha value is -0.676. The molecule has 0 aliphatic carbocycles. The minimum Gasteiger partial charge on any atom is -0.481 e. The molecule has 0 saturated heterocycles. The molecule has 0 aromatic carbocycles. The van der Waals surface area contributed by atoms with E-state index in [1.165, 1.54) is 6.92 Å². The second-order valence-electron chi connectivity index (χ2n) is 3.18. The molecule has 0 amide bonds. The van der Waals surface area contributed by atoms with Gasteiger partial charge in [0.15, 0.2) is 0 Å². The van der Waals surface area contributed by atoms with Crippen molar-refractivity contribution in [2.45, 2.75) is 34.1 Å². The molecule has 0 heterocycles. The number of carbonyl (C=O) groups excluding carboxylic acids is 2. The summed E-state index contributed by atoms with van der Waals surface area (Å²) in [7, 11) is 0. The van der Waals surface area contributed by atoms with E-state index in [1.807, 2.05) is 0 Å². The largest absolute Gasteiger partial charge is 0.481 e. The average Bonchev–Trinajstić information content (AvgIpc) is 2.03. The zero-order valence-electron chi connectivity index (χ0n) is 10.1. The fourth-order valence-electron chi connectivity index (χ4n) is 0.415. The van der Waals surface area contributed by atoms with Crippen LogP contribution in [0.15, 0.2) is 0 Å². The third kappa shape index (κ3) is 19.0. The minimum atomic E-state index is -0.741. The molecule has 0 saturated carbocycles. The molecule has 0 unspecified atom stereocenters. The first kappa shape index (κ1) is 20.7. The van der Waals surface area contributed by atoms with Crippen molar-refractivity contribution in [2.24, 2.45) is 5.92 Å². The molecule has 16 heavy (non-hydrogen) atoms. The van der Waals surface area contributed by atoms with Gasteiger partial charge in [-0.3, -0.25) is 14.4 Å². The number of carboxylic acid groups (broad SMARTS) is 1. The summed E-state index contributed by atoms with van der Waals surface area (Å²) in [4.78, 5) is 30.3. The molecule has 0 aromatic rings. The van der Waals surface area contributed by atoms with E-state index in [0.717, 1.165) is 0 Å². The van der Waals surface area contributed by atoms with Crippen LogP contribution in [0.25, 0.3) is 0 Å². The van der Waals surface area contributed by atoms with Crippen molar-refractivity contribution in [3.05, 3.63) is 0 Å². The maximum Gasteiger partial charge on any atom is 0.313 e. The Morgan fingerprint density at radius 2 is 1.62 bits per heavy atom. The van der Waals surface area contributed by atoms with Crippen molar-refractivity contribution < 1.29 is 45.9 Å². The van der Waals surface area contributed by atoms with Crippen molar-refractivity contribution in [1.29, 1.82) is 0 Å². The van der Waals surface area contributed by atoms with Gasteiger partial charge in [-0.2, -0.15) is 0 Å². The predicted octanol–water partition coefficient (Wildman–Crippen LogP) is 1.25. The molecule has 0 aliphatic heterocycles. The number of esters is 1. The maximum atomic E-state index is 10.4. The Morgan fingerprint density at radius 1 is 1.25 bits per heavy atom. The van der Waals surface area contributed by atoms with E-state index in [-0.39, 0.29) is 39.8 Å². The summed E-state index contributed by atoms with van der Waals surface area (Å²) in [6, 6.07) is 0. The monoisotopic (exact) mass is 266 g/mol.